The number of hydrogen-bond acceptors (Lipinski definition) is 3. The minimum absolute atomic E-state index is 0.314. The van der Waals surface area contributed by atoms with Gasteiger partial charge in [0.25, 0.3) is 0 Å². The molecule has 2 heterocycles. The van der Waals surface area contributed by atoms with E-state index in [1.807, 2.05) is 25.4 Å². The van der Waals surface area contributed by atoms with E-state index < -0.39 is 6.10 Å². The van der Waals surface area contributed by atoms with Gasteiger partial charge in [-0.15, -0.1) is 0 Å². The van der Waals surface area contributed by atoms with E-state index in [0.29, 0.717) is 17.0 Å². The summed E-state index contributed by atoms with van der Waals surface area (Å²) in [5.41, 5.74) is 3.98. The maximum atomic E-state index is 13.1. The van der Waals surface area contributed by atoms with Gasteiger partial charge in [0.2, 0.25) is 0 Å². The molecule has 0 spiro atoms. The Morgan fingerprint density at radius 2 is 2.04 bits per heavy atom. The molecule has 0 amide bonds. The molecule has 4 nitrogen and oxygen atoms in total. The van der Waals surface area contributed by atoms with Gasteiger partial charge in [-0.3, -0.25) is 4.68 Å². The van der Waals surface area contributed by atoms with Crippen molar-refractivity contribution in [1.82, 2.24) is 9.78 Å². The first-order valence-corrected chi connectivity index (χ1v) is 8.83. The van der Waals surface area contributed by atoms with Crippen LogP contribution < -0.4 is 0 Å². The highest BCUT2D eigenvalue weighted by molar-refractivity contribution is 6.30. The van der Waals surface area contributed by atoms with Crippen LogP contribution in [-0.2, 0) is 16.6 Å². The SMILES string of the molecule is Cn1cc(-c2cc(Cl)ccc2C2C/C(=C\c3ccc(F)cc3)C(=O)O2)cn1. The third kappa shape index (κ3) is 3.64. The van der Waals surface area contributed by atoms with Crippen molar-refractivity contribution in [2.24, 2.45) is 7.05 Å². The largest absolute Gasteiger partial charge is 0.454 e. The van der Waals surface area contributed by atoms with Crippen LogP contribution in [0.1, 0.15) is 23.7 Å². The number of carbonyl (C=O) groups excluding carboxylic acids is 1. The van der Waals surface area contributed by atoms with Gasteiger partial charge in [-0.1, -0.05) is 29.8 Å². The fourth-order valence-electron chi connectivity index (χ4n) is 3.20. The number of ether oxygens (including phenoxy) is 1. The normalized spacial score (nSPS) is 18.1. The first kappa shape index (κ1) is 17.5. The first-order chi connectivity index (χ1) is 13.0. The van der Waals surface area contributed by atoms with Gasteiger partial charge >= 0.3 is 5.97 Å². The summed E-state index contributed by atoms with van der Waals surface area (Å²) in [6.07, 6.45) is 5.41. The van der Waals surface area contributed by atoms with Crippen LogP contribution in [0.25, 0.3) is 17.2 Å². The third-order valence-electron chi connectivity index (χ3n) is 4.51. The van der Waals surface area contributed by atoms with Crippen molar-refractivity contribution in [2.45, 2.75) is 12.5 Å². The van der Waals surface area contributed by atoms with Crippen molar-refractivity contribution in [3.63, 3.8) is 0 Å². The average molecular weight is 383 g/mol. The van der Waals surface area contributed by atoms with Gasteiger partial charge in [-0.05, 0) is 41.5 Å². The number of halogens is 2. The Hall–Kier alpha value is -2.92. The lowest BCUT2D eigenvalue weighted by Gasteiger charge is -2.14. The molecule has 1 atom stereocenters. The summed E-state index contributed by atoms with van der Waals surface area (Å²) in [4.78, 5) is 12.3. The van der Waals surface area contributed by atoms with Crippen molar-refractivity contribution in [3.05, 3.63) is 82.4 Å². The third-order valence-corrected chi connectivity index (χ3v) is 4.74. The van der Waals surface area contributed by atoms with Gasteiger partial charge in [-0.25, -0.2) is 9.18 Å². The Balaban J connectivity index is 1.67. The first-order valence-electron chi connectivity index (χ1n) is 8.45. The number of aryl methyl sites for hydroxylation is 1. The molecule has 1 aliphatic heterocycles. The molecule has 1 saturated heterocycles. The highest BCUT2D eigenvalue weighted by Gasteiger charge is 2.32. The van der Waals surface area contributed by atoms with Crippen molar-refractivity contribution in [3.8, 4) is 11.1 Å². The summed E-state index contributed by atoms with van der Waals surface area (Å²) in [5.74, 6) is -0.678. The maximum Gasteiger partial charge on any atom is 0.334 e. The lowest BCUT2D eigenvalue weighted by atomic mass is 9.95. The summed E-state index contributed by atoms with van der Waals surface area (Å²) in [7, 11) is 1.84. The minimum atomic E-state index is -0.406. The zero-order chi connectivity index (χ0) is 19.0. The fourth-order valence-corrected chi connectivity index (χ4v) is 3.37. The van der Waals surface area contributed by atoms with E-state index in [1.54, 1.807) is 35.2 Å². The second kappa shape index (κ2) is 7.00. The summed E-state index contributed by atoms with van der Waals surface area (Å²) in [6.45, 7) is 0. The Kier molecular flexibility index (Phi) is 4.54. The highest BCUT2D eigenvalue weighted by Crippen LogP contribution is 2.39. The smallest absolute Gasteiger partial charge is 0.334 e. The van der Waals surface area contributed by atoms with Crippen LogP contribution >= 0.6 is 11.6 Å². The standard InChI is InChI=1S/C21H16ClFN2O2/c1-25-12-15(11-24-25)19-10-16(22)4-7-18(19)20-9-14(21(26)27-20)8-13-2-5-17(23)6-3-13/h2-8,10-12,20H,9H2,1H3/b14-8+. The van der Waals surface area contributed by atoms with Gasteiger partial charge in [0.15, 0.2) is 0 Å². The van der Waals surface area contributed by atoms with Crippen LogP contribution in [0.5, 0.6) is 0 Å². The van der Waals surface area contributed by atoms with Gasteiger partial charge in [-0.2, -0.15) is 5.10 Å². The molecule has 2 aromatic carbocycles. The molecule has 6 heteroatoms. The van der Waals surface area contributed by atoms with Crippen LogP contribution in [0.15, 0.2) is 60.4 Å². The van der Waals surface area contributed by atoms with Crippen LogP contribution in [0.2, 0.25) is 5.02 Å². The van der Waals surface area contributed by atoms with Crippen LogP contribution in [0.3, 0.4) is 0 Å². The van der Waals surface area contributed by atoms with Crippen molar-refractivity contribution in [2.75, 3.05) is 0 Å². The predicted molar refractivity (Wildman–Crippen MR) is 101 cm³/mol. The van der Waals surface area contributed by atoms with Crippen molar-refractivity contribution in [1.29, 1.82) is 0 Å². The van der Waals surface area contributed by atoms with Gasteiger partial charge in [0.1, 0.15) is 11.9 Å². The summed E-state index contributed by atoms with van der Waals surface area (Å²) in [6, 6.07) is 11.5. The van der Waals surface area contributed by atoms with Crippen LogP contribution in [0, 0.1) is 5.82 Å². The number of aromatic nitrogens is 2. The second-order valence-electron chi connectivity index (χ2n) is 6.45. The molecule has 0 aliphatic carbocycles. The molecule has 0 saturated carbocycles. The molecule has 0 N–H and O–H groups in total. The summed E-state index contributed by atoms with van der Waals surface area (Å²) >= 11 is 6.18. The van der Waals surface area contributed by atoms with Crippen molar-refractivity contribution < 1.29 is 13.9 Å². The van der Waals surface area contributed by atoms with E-state index in [1.165, 1.54) is 12.1 Å². The van der Waals surface area contributed by atoms with Gasteiger partial charge in [0.05, 0.1) is 6.20 Å². The van der Waals surface area contributed by atoms with Crippen LogP contribution in [0.4, 0.5) is 4.39 Å². The Labute approximate surface area is 160 Å². The quantitative estimate of drug-likeness (QED) is 0.475. The fraction of sp³-hybridized carbons (Fsp3) is 0.143. The Bertz CT molecular complexity index is 1040. The maximum absolute atomic E-state index is 13.1. The topological polar surface area (TPSA) is 44.1 Å². The Morgan fingerprint density at radius 3 is 2.74 bits per heavy atom. The molecule has 1 aliphatic rings. The molecule has 27 heavy (non-hydrogen) atoms. The minimum Gasteiger partial charge on any atom is -0.454 e. The number of rotatable bonds is 3. The van der Waals surface area contributed by atoms with Crippen molar-refractivity contribution >= 4 is 23.6 Å². The van der Waals surface area contributed by atoms with E-state index in [4.69, 9.17) is 16.3 Å². The van der Waals surface area contributed by atoms with Gasteiger partial charge in [0, 0.05) is 41.4 Å². The molecule has 0 radical (unpaired) electrons. The number of esters is 1. The number of hydrogen-bond donors (Lipinski definition) is 0. The Morgan fingerprint density at radius 1 is 1.26 bits per heavy atom. The molecular weight excluding hydrogens is 367 g/mol. The zero-order valence-corrected chi connectivity index (χ0v) is 15.3. The molecule has 0 bridgehead atoms. The molecule has 3 aromatic rings. The molecule has 1 fully saturated rings. The molecular formula is C21H16ClFN2O2. The molecule has 4 rings (SSSR count). The summed E-state index contributed by atoms with van der Waals surface area (Å²) in [5, 5.41) is 4.81. The molecule has 136 valence electrons. The monoisotopic (exact) mass is 382 g/mol. The molecule has 1 aromatic heterocycles. The van der Waals surface area contributed by atoms with E-state index >= 15 is 0 Å². The highest BCUT2D eigenvalue weighted by atomic mass is 35.5. The summed E-state index contributed by atoms with van der Waals surface area (Å²) < 4.78 is 20.4. The lowest BCUT2D eigenvalue weighted by Crippen LogP contribution is -2.01. The predicted octanol–water partition coefficient (Wildman–Crippen LogP) is 4.95. The average Bonchev–Trinajstić information content (AvgIpc) is 3.23. The van der Waals surface area contributed by atoms with Crippen LogP contribution in [-0.4, -0.2) is 15.7 Å². The number of benzene rings is 2. The second-order valence-corrected chi connectivity index (χ2v) is 6.89. The van der Waals surface area contributed by atoms with E-state index in [2.05, 4.69) is 5.10 Å². The number of cyclic esters (lactones) is 1. The van der Waals surface area contributed by atoms with E-state index in [0.717, 1.165) is 22.3 Å². The van der Waals surface area contributed by atoms with Gasteiger partial charge < -0.3 is 4.74 Å². The van der Waals surface area contributed by atoms with E-state index in [-0.39, 0.29) is 11.8 Å². The number of carbonyl (C=O) groups is 1. The molecule has 1 unspecified atom stereocenters. The lowest BCUT2D eigenvalue weighted by molar-refractivity contribution is -0.139. The number of nitrogens with zero attached hydrogens (tertiary/aromatic N) is 2. The van der Waals surface area contributed by atoms with E-state index in [9.17, 15) is 9.18 Å². The zero-order valence-electron chi connectivity index (χ0n) is 14.5.